The lowest BCUT2D eigenvalue weighted by atomic mass is 10.1. The number of piperidine rings is 1. The van der Waals surface area contributed by atoms with Crippen LogP contribution < -0.4 is 0 Å². The molecule has 17 heavy (non-hydrogen) atoms. The van der Waals surface area contributed by atoms with Crippen LogP contribution in [-0.4, -0.2) is 71.2 Å². The van der Waals surface area contributed by atoms with Gasteiger partial charge in [-0.15, -0.1) is 0 Å². The maximum absolute atomic E-state index is 10.5. The Morgan fingerprint density at radius 3 is 2.94 bits per heavy atom. The molecule has 0 radical (unpaired) electrons. The normalized spacial score (nSPS) is 23.5. The molecule has 100 valence electrons. The molecule has 0 spiro atoms. The number of carboxylic acid groups (broad SMARTS) is 1. The third kappa shape index (κ3) is 5.97. The maximum Gasteiger partial charge on any atom is 0.304 e. The fourth-order valence-electron chi connectivity index (χ4n) is 1.91. The van der Waals surface area contributed by atoms with Crippen LogP contribution >= 0.6 is 0 Å². The molecule has 1 saturated heterocycles. The third-order valence-corrected chi connectivity index (χ3v) is 2.84. The first-order valence-electron chi connectivity index (χ1n) is 5.96. The number of likely N-dealkylation sites (tertiary alicyclic amines) is 1. The van der Waals surface area contributed by atoms with Gasteiger partial charge in [-0.2, -0.15) is 0 Å². The molecule has 0 amide bonds. The lowest BCUT2D eigenvalue weighted by molar-refractivity contribution is -0.137. The molecule has 0 bridgehead atoms. The Morgan fingerprint density at radius 2 is 2.29 bits per heavy atom. The monoisotopic (exact) mass is 247 g/mol. The molecular weight excluding hydrogens is 226 g/mol. The Labute approximate surface area is 101 Å². The van der Waals surface area contributed by atoms with E-state index in [1.54, 1.807) is 0 Å². The van der Waals surface area contributed by atoms with Gasteiger partial charge in [0.15, 0.2) is 0 Å². The van der Waals surface area contributed by atoms with Crippen molar-refractivity contribution in [2.75, 3.05) is 32.8 Å². The van der Waals surface area contributed by atoms with Crippen LogP contribution in [0.2, 0.25) is 0 Å². The molecule has 6 nitrogen and oxygen atoms in total. The van der Waals surface area contributed by atoms with Crippen LogP contribution in [0.25, 0.3) is 0 Å². The zero-order valence-electron chi connectivity index (χ0n) is 9.92. The highest BCUT2D eigenvalue weighted by atomic mass is 16.5. The van der Waals surface area contributed by atoms with Crippen molar-refractivity contribution in [3.63, 3.8) is 0 Å². The fraction of sp³-hybridized carbons (Fsp3) is 0.909. The van der Waals surface area contributed by atoms with E-state index in [0.717, 1.165) is 19.4 Å². The predicted molar refractivity (Wildman–Crippen MR) is 60.8 cm³/mol. The number of ether oxygens (including phenoxy) is 1. The first kappa shape index (κ1) is 14.4. The highest BCUT2D eigenvalue weighted by Gasteiger charge is 2.21. The summed E-state index contributed by atoms with van der Waals surface area (Å²) in [7, 11) is 0. The summed E-state index contributed by atoms with van der Waals surface area (Å²) in [6.07, 6.45) is 1.23. The SMILES string of the molecule is O=C(O)CCN1CCCC(OCC(O)CO)C1. The van der Waals surface area contributed by atoms with Gasteiger partial charge < -0.3 is 25.0 Å². The molecule has 1 rings (SSSR count). The zero-order chi connectivity index (χ0) is 12.7. The molecule has 6 heteroatoms. The number of aliphatic carboxylic acids is 1. The smallest absolute Gasteiger partial charge is 0.304 e. The summed E-state index contributed by atoms with van der Waals surface area (Å²) in [6, 6.07) is 0. The summed E-state index contributed by atoms with van der Waals surface area (Å²) in [4.78, 5) is 12.5. The van der Waals surface area contributed by atoms with E-state index in [4.69, 9.17) is 20.1 Å². The first-order valence-corrected chi connectivity index (χ1v) is 5.96. The molecule has 0 aromatic rings. The standard InChI is InChI=1S/C11H21NO5/c13-7-9(14)8-17-10-2-1-4-12(6-10)5-3-11(15)16/h9-10,13-14H,1-8H2,(H,15,16). The summed E-state index contributed by atoms with van der Waals surface area (Å²) in [5.41, 5.74) is 0. The molecule has 0 aliphatic carbocycles. The van der Waals surface area contributed by atoms with E-state index in [1.807, 2.05) is 0 Å². The van der Waals surface area contributed by atoms with Gasteiger partial charge in [-0.3, -0.25) is 4.79 Å². The van der Waals surface area contributed by atoms with Crippen LogP contribution in [0.5, 0.6) is 0 Å². The maximum atomic E-state index is 10.5. The summed E-state index contributed by atoms with van der Waals surface area (Å²) in [6.45, 7) is 1.97. The molecule has 1 aliphatic heterocycles. The quantitative estimate of drug-likeness (QED) is 0.551. The Bertz CT molecular complexity index is 236. The van der Waals surface area contributed by atoms with Gasteiger partial charge in [0.25, 0.3) is 0 Å². The van der Waals surface area contributed by atoms with Crippen LogP contribution in [0.3, 0.4) is 0 Å². The Hall–Kier alpha value is -0.690. The number of hydrogen-bond acceptors (Lipinski definition) is 5. The minimum absolute atomic E-state index is 0.0266. The first-order chi connectivity index (χ1) is 8.11. The van der Waals surface area contributed by atoms with Gasteiger partial charge in [-0.1, -0.05) is 0 Å². The Morgan fingerprint density at radius 1 is 1.53 bits per heavy atom. The molecule has 2 unspecified atom stereocenters. The number of carboxylic acids is 1. The Balaban J connectivity index is 2.21. The molecular formula is C11H21NO5. The number of aliphatic hydroxyl groups is 2. The second-order valence-electron chi connectivity index (χ2n) is 4.38. The molecule has 2 atom stereocenters. The van der Waals surface area contributed by atoms with E-state index in [1.165, 1.54) is 0 Å². The van der Waals surface area contributed by atoms with Gasteiger partial charge in [-0.05, 0) is 19.4 Å². The van der Waals surface area contributed by atoms with Crippen LogP contribution in [0.15, 0.2) is 0 Å². The van der Waals surface area contributed by atoms with Gasteiger partial charge in [-0.25, -0.2) is 0 Å². The highest BCUT2D eigenvalue weighted by molar-refractivity contribution is 5.66. The molecule has 0 aromatic heterocycles. The van der Waals surface area contributed by atoms with Gasteiger partial charge in [0, 0.05) is 13.1 Å². The molecule has 1 aliphatic rings. The summed E-state index contributed by atoms with van der Waals surface area (Å²) < 4.78 is 5.47. The average molecular weight is 247 g/mol. The minimum Gasteiger partial charge on any atom is -0.481 e. The lowest BCUT2D eigenvalue weighted by Crippen LogP contribution is -2.41. The van der Waals surface area contributed by atoms with Crippen molar-refractivity contribution >= 4 is 5.97 Å². The van der Waals surface area contributed by atoms with E-state index in [-0.39, 0.29) is 25.7 Å². The average Bonchev–Trinajstić information content (AvgIpc) is 2.34. The van der Waals surface area contributed by atoms with Crippen molar-refractivity contribution < 1.29 is 24.9 Å². The summed E-state index contributed by atoms with van der Waals surface area (Å²) in [5, 5.41) is 26.4. The molecule has 1 fully saturated rings. The number of carbonyl (C=O) groups is 1. The van der Waals surface area contributed by atoms with Crippen LogP contribution in [-0.2, 0) is 9.53 Å². The van der Waals surface area contributed by atoms with Gasteiger partial charge in [0.1, 0.15) is 6.10 Å². The van der Waals surface area contributed by atoms with E-state index >= 15 is 0 Å². The Kier molecular flexibility index (Phi) is 6.43. The van der Waals surface area contributed by atoms with Crippen LogP contribution in [0.1, 0.15) is 19.3 Å². The van der Waals surface area contributed by atoms with Crippen LogP contribution in [0, 0.1) is 0 Å². The van der Waals surface area contributed by atoms with E-state index in [2.05, 4.69) is 4.90 Å². The number of rotatable bonds is 7. The van der Waals surface area contributed by atoms with Gasteiger partial charge >= 0.3 is 5.97 Å². The van der Waals surface area contributed by atoms with E-state index < -0.39 is 12.1 Å². The zero-order valence-corrected chi connectivity index (χ0v) is 9.92. The second kappa shape index (κ2) is 7.60. The largest absolute Gasteiger partial charge is 0.481 e. The van der Waals surface area contributed by atoms with Gasteiger partial charge in [0.05, 0.1) is 25.7 Å². The van der Waals surface area contributed by atoms with E-state index in [0.29, 0.717) is 13.1 Å². The number of nitrogens with zero attached hydrogens (tertiary/aromatic N) is 1. The fourth-order valence-corrected chi connectivity index (χ4v) is 1.91. The summed E-state index contributed by atoms with van der Waals surface area (Å²) >= 11 is 0. The van der Waals surface area contributed by atoms with Crippen molar-refractivity contribution in [1.82, 2.24) is 4.90 Å². The van der Waals surface area contributed by atoms with Crippen molar-refractivity contribution in [2.45, 2.75) is 31.5 Å². The highest BCUT2D eigenvalue weighted by Crippen LogP contribution is 2.13. The van der Waals surface area contributed by atoms with E-state index in [9.17, 15) is 4.79 Å². The predicted octanol–water partition coefficient (Wildman–Crippen LogP) is -0.705. The minimum atomic E-state index is -0.829. The second-order valence-corrected chi connectivity index (χ2v) is 4.38. The number of aliphatic hydroxyl groups excluding tert-OH is 2. The molecule has 0 aromatic carbocycles. The molecule has 1 heterocycles. The topological polar surface area (TPSA) is 90.2 Å². The van der Waals surface area contributed by atoms with Crippen LogP contribution in [0.4, 0.5) is 0 Å². The molecule has 0 saturated carbocycles. The third-order valence-electron chi connectivity index (χ3n) is 2.84. The van der Waals surface area contributed by atoms with Crippen molar-refractivity contribution in [2.24, 2.45) is 0 Å². The summed E-state index contributed by atoms with van der Waals surface area (Å²) in [5.74, 6) is -0.788. The van der Waals surface area contributed by atoms with Crippen molar-refractivity contribution in [3.05, 3.63) is 0 Å². The van der Waals surface area contributed by atoms with Crippen molar-refractivity contribution in [3.8, 4) is 0 Å². The number of hydrogen-bond donors (Lipinski definition) is 3. The lowest BCUT2D eigenvalue weighted by Gasteiger charge is -2.32. The van der Waals surface area contributed by atoms with Gasteiger partial charge in [0.2, 0.25) is 0 Å². The molecule has 3 N–H and O–H groups in total. The van der Waals surface area contributed by atoms with Crippen molar-refractivity contribution in [1.29, 1.82) is 0 Å².